The average molecular weight is 522 g/mol. The molecule has 1 saturated heterocycles. The molecule has 1 aliphatic heterocycles. The highest BCUT2D eigenvalue weighted by Crippen LogP contribution is 2.36. The third kappa shape index (κ3) is 9.66. The van der Waals surface area contributed by atoms with Crippen LogP contribution in [0.5, 0.6) is 0 Å². The lowest BCUT2D eigenvalue weighted by Gasteiger charge is -2.29. The van der Waals surface area contributed by atoms with Crippen molar-refractivity contribution in [2.75, 3.05) is 53.2 Å². The normalized spacial score (nSPS) is 23.8. The molecule has 0 unspecified atom stereocenters. The molecule has 2 fully saturated rings. The lowest BCUT2D eigenvalue weighted by molar-refractivity contribution is -0.138. The summed E-state index contributed by atoms with van der Waals surface area (Å²) in [6, 6.07) is 3.40. The van der Waals surface area contributed by atoms with Crippen LogP contribution in [0.3, 0.4) is 0 Å². The SMILES string of the molecule is CN1C(=O)C[C@H](C(=O)NCCOC2CCC(OCCOCCOCCC(=O)O)CC2)[C@H]1c1cccnc1. The van der Waals surface area contributed by atoms with Crippen LogP contribution < -0.4 is 5.32 Å². The number of rotatable bonds is 16. The first-order valence-electron chi connectivity index (χ1n) is 13.0. The maximum Gasteiger partial charge on any atom is 0.305 e. The smallest absolute Gasteiger partial charge is 0.305 e. The van der Waals surface area contributed by atoms with Gasteiger partial charge in [-0.05, 0) is 37.3 Å². The molecule has 1 aromatic rings. The van der Waals surface area contributed by atoms with E-state index in [-0.39, 0.29) is 49.5 Å². The number of amides is 2. The Morgan fingerprint density at radius 3 is 2.32 bits per heavy atom. The van der Waals surface area contributed by atoms with Gasteiger partial charge in [0, 0.05) is 32.4 Å². The number of carbonyl (C=O) groups excluding carboxylic acids is 2. The van der Waals surface area contributed by atoms with E-state index in [0.717, 1.165) is 31.2 Å². The van der Waals surface area contributed by atoms with Gasteiger partial charge in [0.15, 0.2) is 0 Å². The Morgan fingerprint density at radius 2 is 1.68 bits per heavy atom. The molecule has 2 atom stereocenters. The van der Waals surface area contributed by atoms with Gasteiger partial charge in [0.05, 0.1) is 70.2 Å². The molecule has 1 aliphatic carbocycles. The molecule has 11 heteroatoms. The molecular weight excluding hydrogens is 482 g/mol. The molecular formula is C26H39N3O8. The van der Waals surface area contributed by atoms with Crippen molar-refractivity contribution in [2.45, 2.75) is 56.8 Å². The predicted molar refractivity (Wildman–Crippen MR) is 133 cm³/mol. The highest BCUT2D eigenvalue weighted by atomic mass is 16.5. The molecule has 2 amide bonds. The standard InChI is InChI=1S/C26H39N3O8/c1-29-23(30)17-22(25(29)19-3-2-9-27-18-19)26(33)28-10-12-36-20-4-6-21(7-5-20)37-16-15-35-14-13-34-11-8-24(31)32/h2-3,9,18,20-22,25H,4-8,10-17H2,1H3,(H,28,33)(H,31,32)/t20?,21?,22-,25+/m0/s1. The molecule has 2 aliphatic rings. The van der Waals surface area contributed by atoms with Crippen LogP contribution >= 0.6 is 0 Å². The van der Waals surface area contributed by atoms with E-state index in [2.05, 4.69) is 10.3 Å². The minimum atomic E-state index is -0.872. The Kier molecular flexibility index (Phi) is 12.2. The third-order valence-corrected chi connectivity index (χ3v) is 6.74. The van der Waals surface area contributed by atoms with E-state index in [1.54, 1.807) is 24.3 Å². The van der Waals surface area contributed by atoms with Gasteiger partial charge in [-0.2, -0.15) is 0 Å². The molecule has 2 heterocycles. The molecule has 1 saturated carbocycles. The van der Waals surface area contributed by atoms with Gasteiger partial charge in [0.1, 0.15) is 0 Å². The van der Waals surface area contributed by atoms with Gasteiger partial charge in [-0.25, -0.2) is 0 Å². The number of likely N-dealkylation sites (tertiary alicyclic amines) is 1. The zero-order valence-corrected chi connectivity index (χ0v) is 21.5. The van der Waals surface area contributed by atoms with Crippen molar-refractivity contribution in [3.8, 4) is 0 Å². The molecule has 11 nitrogen and oxygen atoms in total. The fraction of sp³-hybridized carbons (Fsp3) is 0.692. The topological polar surface area (TPSA) is 137 Å². The number of nitrogens with zero attached hydrogens (tertiary/aromatic N) is 2. The molecule has 0 spiro atoms. The highest BCUT2D eigenvalue weighted by Gasteiger charge is 2.42. The van der Waals surface area contributed by atoms with Crippen LogP contribution in [0.2, 0.25) is 0 Å². The van der Waals surface area contributed by atoms with Gasteiger partial charge < -0.3 is 34.3 Å². The van der Waals surface area contributed by atoms with Gasteiger partial charge in [0.2, 0.25) is 11.8 Å². The summed E-state index contributed by atoms with van der Waals surface area (Å²) in [5.74, 6) is -1.50. The van der Waals surface area contributed by atoms with Crippen molar-refractivity contribution in [2.24, 2.45) is 5.92 Å². The summed E-state index contributed by atoms with van der Waals surface area (Å²) < 4.78 is 22.4. The van der Waals surface area contributed by atoms with E-state index in [9.17, 15) is 14.4 Å². The maximum absolute atomic E-state index is 12.8. The van der Waals surface area contributed by atoms with Gasteiger partial charge in [0.25, 0.3) is 0 Å². The Labute approximate surface area is 217 Å². The number of aromatic nitrogens is 1. The second kappa shape index (κ2) is 15.6. The van der Waals surface area contributed by atoms with Gasteiger partial charge in [-0.3, -0.25) is 19.4 Å². The van der Waals surface area contributed by atoms with Crippen molar-refractivity contribution in [3.63, 3.8) is 0 Å². The van der Waals surface area contributed by atoms with Crippen molar-refractivity contribution in [1.82, 2.24) is 15.2 Å². The highest BCUT2D eigenvalue weighted by molar-refractivity contribution is 5.90. The van der Waals surface area contributed by atoms with Gasteiger partial charge >= 0.3 is 5.97 Å². The minimum Gasteiger partial charge on any atom is -0.481 e. The van der Waals surface area contributed by atoms with Crippen molar-refractivity contribution >= 4 is 17.8 Å². The summed E-state index contributed by atoms with van der Waals surface area (Å²) in [7, 11) is 1.73. The average Bonchev–Trinajstić information content (AvgIpc) is 3.20. The van der Waals surface area contributed by atoms with Crippen LogP contribution in [-0.2, 0) is 33.3 Å². The number of carboxylic acid groups (broad SMARTS) is 1. The molecule has 2 N–H and O–H groups in total. The van der Waals surface area contributed by atoms with Gasteiger partial charge in [-0.15, -0.1) is 0 Å². The first kappa shape index (κ1) is 29.0. The van der Waals surface area contributed by atoms with Crippen LogP contribution in [0.1, 0.15) is 50.1 Å². The minimum absolute atomic E-state index is 0.00213. The maximum atomic E-state index is 12.8. The van der Waals surface area contributed by atoms with E-state index in [1.165, 1.54) is 0 Å². The van der Waals surface area contributed by atoms with Crippen molar-refractivity contribution < 1.29 is 38.4 Å². The molecule has 3 rings (SSSR count). The molecule has 1 aromatic heterocycles. The van der Waals surface area contributed by atoms with E-state index < -0.39 is 11.9 Å². The Bertz CT molecular complexity index is 847. The summed E-state index contributed by atoms with van der Waals surface area (Å²) in [5, 5.41) is 11.5. The second-order valence-electron chi connectivity index (χ2n) is 9.35. The summed E-state index contributed by atoms with van der Waals surface area (Å²) in [4.78, 5) is 41.2. The van der Waals surface area contributed by atoms with Crippen LogP contribution in [0.4, 0.5) is 0 Å². The zero-order valence-electron chi connectivity index (χ0n) is 21.5. The number of ether oxygens (including phenoxy) is 4. The summed E-state index contributed by atoms with van der Waals surface area (Å²) in [5.41, 5.74) is 0.861. The molecule has 0 radical (unpaired) electrons. The number of hydrogen-bond donors (Lipinski definition) is 2. The summed E-state index contributed by atoms with van der Waals surface area (Å²) >= 11 is 0. The molecule has 206 valence electrons. The van der Waals surface area contributed by atoms with E-state index in [0.29, 0.717) is 39.6 Å². The number of nitrogens with one attached hydrogen (secondary N) is 1. The van der Waals surface area contributed by atoms with Crippen molar-refractivity contribution in [3.05, 3.63) is 30.1 Å². The second-order valence-corrected chi connectivity index (χ2v) is 9.35. The summed E-state index contributed by atoms with van der Waals surface area (Å²) in [6.45, 7) is 2.80. The predicted octanol–water partition coefficient (Wildman–Crippen LogP) is 1.57. The van der Waals surface area contributed by atoms with E-state index in [4.69, 9.17) is 24.1 Å². The fourth-order valence-electron chi connectivity index (χ4n) is 4.76. The third-order valence-electron chi connectivity index (χ3n) is 6.74. The lowest BCUT2D eigenvalue weighted by Crippen LogP contribution is -2.37. The summed E-state index contributed by atoms with van der Waals surface area (Å²) in [6.07, 6.45) is 7.55. The monoisotopic (exact) mass is 521 g/mol. The van der Waals surface area contributed by atoms with Crippen LogP contribution in [0, 0.1) is 5.92 Å². The van der Waals surface area contributed by atoms with Crippen LogP contribution in [-0.4, -0.2) is 98.2 Å². The van der Waals surface area contributed by atoms with E-state index >= 15 is 0 Å². The Morgan fingerprint density at radius 1 is 1.03 bits per heavy atom. The fourth-order valence-corrected chi connectivity index (χ4v) is 4.76. The number of aliphatic carboxylic acids is 1. The lowest BCUT2D eigenvalue weighted by atomic mass is 9.94. The number of hydrogen-bond acceptors (Lipinski definition) is 8. The first-order valence-corrected chi connectivity index (χ1v) is 13.0. The molecule has 0 aromatic carbocycles. The number of pyridine rings is 1. The number of carbonyl (C=O) groups is 3. The van der Waals surface area contributed by atoms with Crippen LogP contribution in [0.15, 0.2) is 24.5 Å². The van der Waals surface area contributed by atoms with Gasteiger partial charge in [-0.1, -0.05) is 6.07 Å². The number of carboxylic acids is 1. The molecule has 37 heavy (non-hydrogen) atoms. The van der Waals surface area contributed by atoms with E-state index in [1.807, 2.05) is 12.1 Å². The van der Waals surface area contributed by atoms with Crippen molar-refractivity contribution in [1.29, 1.82) is 0 Å². The largest absolute Gasteiger partial charge is 0.481 e. The first-order chi connectivity index (χ1) is 18.0. The zero-order chi connectivity index (χ0) is 26.5. The van der Waals surface area contributed by atoms with Crippen LogP contribution in [0.25, 0.3) is 0 Å². The Hall–Kier alpha value is -2.60. The Balaban J connectivity index is 1.22. The quantitative estimate of drug-likeness (QED) is 0.311. The molecule has 0 bridgehead atoms.